The van der Waals surface area contributed by atoms with Crippen LogP contribution in [0.1, 0.15) is 13.8 Å². The molecule has 1 aromatic heterocycles. The summed E-state index contributed by atoms with van der Waals surface area (Å²) in [5, 5.41) is 16.9. The predicted molar refractivity (Wildman–Crippen MR) is 69.5 cm³/mol. The number of carboxylic acid groups (broad SMARTS) is 1. The summed E-state index contributed by atoms with van der Waals surface area (Å²) in [6.07, 6.45) is 0. The molecule has 1 atom stereocenters. The van der Waals surface area contributed by atoms with E-state index in [1.54, 1.807) is 0 Å². The Kier molecular flexibility index (Phi) is 3.76. The zero-order valence-electron chi connectivity index (χ0n) is 10.1. The van der Waals surface area contributed by atoms with Crippen LogP contribution in [0.4, 0.5) is 0 Å². The first-order valence-corrected chi connectivity index (χ1v) is 6.45. The molecule has 0 spiro atoms. The smallest absolute Gasteiger partial charge is 0.317 e. The Balaban J connectivity index is 2.28. The molecule has 2 aromatic rings. The highest BCUT2D eigenvalue weighted by Gasteiger charge is 2.24. The molecular weight excluding hydrogens is 250 g/mol. The van der Waals surface area contributed by atoms with Gasteiger partial charge in [-0.3, -0.25) is 4.79 Å². The molecule has 94 valence electrons. The minimum Gasteiger partial charge on any atom is -0.480 e. The minimum atomic E-state index is -0.855. The number of nitrogens with zero attached hydrogens (tertiary/aromatic N) is 3. The molecule has 0 aliphatic rings. The van der Waals surface area contributed by atoms with Gasteiger partial charge in [-0.15, -0.1) is 10.2 Å². The lowest BCUT2D eigenvalue weighted by molar-refractivity contribution is -0.137. The first-order valence-electron chi connectivity index (χ1n) is 5.57. The van der Waals surface area contributed by atoms with Gasteiger partial charge in [0.2, 0.25) is 5.16 Å². The second-order valence-electron chi connectivity index (χ2n) is 4.20. The molecule has 0 aliphatic heterocycles. The van der Waals surface area contributed by atoms with Crippen molar-refractivity contribution in [2.45, 2.75) is 24.3 Å². The summed E-state index contributed by atoms with van der Waals surface area (Å²) in [5.41, 5.74) is 1.43. The van der Waals surface area contributed by atoms with E-state index in [9.17, 15) is 4.79 Å². The van der Waals surface area contributed by atoms with Crippen LogP contribution in [0, 0.1) is 5.92 Å². The average molecular weight is 263 g/mol. The van der Waals surface area contributed by atoms with Gasteiger partial charge in [-0.25, -0.2) is 4.98 Å². The van der Waals surface area contributed by atoms with Gasteiger partial charge in [0.1, 0.15) is 10.8 Å². The number of fused-ring (bicyclic) bond motifs is 1. The van der Waals surface area contributed by atoms with E-state index in [2.05, 4.69) is 15.2 Å². The van der Waals surface area contributed by atoms with Gasteiger partial charge in [-0.2, -0.15) is 0 Å². The molecule has 0 fully saturated rings. The maximum atomic E-state index is 11.1. The quantitative estimate of drug-likeness (QED) is 0.852. The van der Waals surface area contributed by atoms with Crippen LogP contribution in [-0.4, -0.2) is 31.5 Å². The van der Waals surface area contributed by atoms with Crippen molar-refractivity contribution in [3.8, 4) is 0 Å². The summed E-state index contributed by atoms with van der Waals surface area (Å²) in [4.78, 5) is 15.4. The number of benzene rings is 1. The largest absolute Gasteiger partial charge is 0.480 e. The number of aliphatic carboxylic acids is 1. The van der Waals surface area contributed by atoms with Gasteiger partial charge in [-0.1, -0.05) is 37.7 Å². The van der Waals surface area contributed by atoms with Crippen molar-refractivity contribution in [3.05, 3.63) is 24.3 Å². The monoisotopic (exact) mass is 263 g/mol. The van der Waals surface area contributed by atoms with Gasteiger partial charge in [0.15, 0.2) is 0 Å². The van der Waals surface area contributed by atoms with Crippen LogP contribution in [0.2, 0.25) is 0 Å². The maximum Gasteiger partial charge on any atom is 0.317 e. The zero-order valence-corrected chi connectivity index (χ0v) is 10.9. The molecule has 0 radical (unpaired) electrons. The molecule has 6 heteroatoms. The summed E-state index contributed by atoms with van der Waals surface area (Å²) < 4.78 is 0. The van der Waals surface area contributed by atoms with Crippen molar-refractivity contribution in [1.82, 2.24) is 15.2 Å². The first-order chi connectivity index (χ1) is 8.58. The topological polar surface area (TPSA) is 76.0 Å². The Labute approximate surface area is 109 Å². The average Bonchev–Trinajstić information content (AvgIpc) is 2.35. The van der Waals surface area contributed by atoms with E-state index in [1.807, 2.05) is 38.1 Å². The molecule has 1 unspecified atom stereocenters. The van der Waals surface area contributed by atoms with Crippen molar-refractivity contribution in [1.29, 1.82) is 0 Å². The third-order valence-electron chi connectivity index (χ3n) is 2.42. The molecule has 18 heavy (non-hydrogen) atoms. The summed E-state index contributed by atoms with van der Waals surface area (Å²) in [5.74, 6) is -0.852. The van der Waals surface area contributed by atoms with E-state index >= 15 is 0 Å². The molecule has 0 aliphatic carbocycles. The standard InChI is InChI=1S/C12H13N3O2S/c1-7(2)10(11(16)17)18-12-13-8-5-3-4-6-9(8)14-15-12/h3-7,10H,1-2H3,(H,16,17). The van der Waals surface area contributed by atoms with Crippen LogP contribution in [-0.2, 0) is 4.79 Å². The second kappa shape index (κ2) is 5.30. The highest BCUT2D eigenvalue weighted by atomic mass is 32.2. The third kappa shape index (κ3) is 2.76. The Morgan fingerprint density at radius 3 is 2.50 bits per heavy atom. The number of carboxylic acids is 1. The van der Waals surface area contributed by atoms with Gasteiger partial charge in [0, 0.05) is 0 Å². The van der Waals surface area contributed by atoms with Crippen LogP contribution < -0.4 is 0 Å². The molecule has 2 rings (SSSR count). The van der Waals surface area contributed by atoms with E-state index < -0.39 is 11.2 Å². The van der Waals surface area contributed by atoms with Crippen molar-refractivity contribution in [2.75, 3.05) is 0 Å². The SMILES string of the molecule is CC(C)C(Sc1nnc2ccccc2n1)C(=O)O. The van der Waals surface area contributed by atoms with Gasteiger partial charge in [0.05, 0.1) is 5.52 Å². The summed E-state index contributed by atoms with van der Waals surface area (Å²) in [6, 6.07) is 7.38. The normalized spacial score (nSPS) is 12.8. The number of hydrogen-bond acceptors (Lipinski definition) is 5. The second-order valence-corrected chi connectivity index (χ2v) is 5.31. The highest BCUT2D eigenvalue weighted by molar-refractivity contribution is 8.00. The van der Waals surface area contributed by atoms with E-state index in [0.717, 1.165) is 17.3 Å². The highest BCUT2D eigenvalue weighted by Crippen LogP contribution is 2.25. The van der Waals surface area contributed by atoms with Gasteiger partial charge >= 0.3 is 5.97 Å². The van der Waals surface area contributed by atoms with Crippen LogP contribution in [0.3, 0.4) is 0 Å². The van der Waals surface area contributed by atoms with Gasteiger partial charge < -0.3 is 5.11 Å². The van der Waals surface area contributed by atoms with E-state index in [1.165, 1.54) is 0 Å². The maximum absolute atomic E-state index is 11.1. The van der Waals surface area contributed by atoms with Gasteiger partial charge in [0.25, 0.3) is 0 Å². The third-order valence-corrected chi connectivity index (χ3v) is 3.81. The van der Waals surface area contributed by atoms with Crippen molar-refractivity contribution in [3.63, 3.8) is 0 Å². The van der Waals surface area contributed by atoms with Crippen LogP contribution in [0.25, 0.3) is 11.0 Å². The molecule has 0 bridgehead atoms. The fourth-order valence-corrected chi connectivity index (χ4v) is 2.34. The van der Waals surface area contributed by atoms with Gasteiger partial charge in [-0.05, 0) is 18.1 Å². The molecule has 0 saturated carbocycles. The predicted octanol–water partition coefficient (Wildman–Crippen LogP) is 2.23. The lowest BCUT2D eigenvalue weighted by Gasteiger charge is -2.13. The molecule has 5 nitrogen and oxygen atoms in total. The van der Waals surface area contributed by atoms with Crippen molar-refractivity contribution >= 4 is 28.8 Å². The molecule has 1 N–H and O–H groups in total. The Morgan fingerprint density at radius 1 is 1.22 bits per heavy atom. The molecular formula is C12H13N3O2S. The fraction of sp³-hybridized carbons (Fsp3) is 0.333. The van der Waals surface area contributed by atoms with Crippen molar-refractivity contribution in [2.24, 2.45) is 5.92 Å². The number of hydrogen-bond donors (Lipinski definition) is 1. The summed E-state index contributed by atoms with van der Waals surface area (Å²) in [7, 11) is 0. The Morgan fingerprint density at radius 2 is 1.89 bits per heavy atom. The number of para-hydroxylation sites is 1. The Hall–Kier alpha value is -1.69. The number of carbonyl (C=O) groups is 1. The van der Waals surface area contributed by atoms with Crippen LogP contribution in [0.5, 0.6) is 0 Å². The summed E-state index contributed by atoms with van der Waals surface area (Å²) in [6.45, 7) is 3.72. The lowest BCUT2D eigenvalue weighted by atomic mass is 10.1. The fourth-order valence-electron chi connectivity index (χ4n) is 1.50. The van der Waals surface area contributed by atoms with Crippen molar-refractivity contribution < 1.29 is 9.90 Å². The molecule has 0 saturated heterocycles. The number of rotatable bonds is 4. The summed E-state index contributed by atoms with van der Waals surface area (Å²) >= 11 is 1.14. The lowest BCUT2D eigenvalue weighted by Crippen LogP contribution is -2.22. The van der Waals surface area contributed by atoms with Crippen LogP contribution in [0.15, 0.2) is 29.4 Å². The molecule has 1 aromatic carbocycles. The number of aromatic nitrogens is 3. The number of thioether (sulfide) groups is 1. The van der Waals surface area contributed by atoms with E-state index in [0.29, 0.717) is 10.7 Å². The van der Waals surface area contributed by atoms with E-state index in [-0.39, 0.29) is 5.92 Å². The molecule has 1 heterocycles. The molecule has 0 amide bonds. The van der Waals surface area contributed by atoms with E-state index in [4.69, 9.17) is 5.11 Å². The minimum absolute atomic E-state index is 0.00238. The first kappa shape index (κ1) is 12.8. The Bertz CT molecular complexity index is 574. The van der Waals surface area contributed by atoms with Crippen LogP contribution >= 0.6 is 11.8 Å². The zero-order chi connectivity index (χ0) is 13.1.